The Morgan fingerprint density at radius 1 is 1.27 bits per heavy atom. The van der Waals surface area contributed by atoms with E-state index in [9.17, 15) is 9.59 Å². The van der Waals surface area contributed by atoms with Crippen molar-refractivity contribution < 1.29 is 14.3 Å². The molecule has 0 aromatic rings. The Balaban J connectivity index is 2.32. The van der Waals surface area contributed by atoms with Crippen LogP contribution < -0.4 is 5.32 Å². The number of Topliss-reactive ketones (excluding diaryl/α,β-unsaturated/α-hetero) is 1. The number of rotatable bonds is 4. The maximum absolute atomic E-state index is 11.5. The summed E-state index contributed by atoms with van der Waals surface area (Å²) in [7, 11) is 0. The summed E-state index contributed by atoms with van der Waals surface area (Å²) >= 11 is 0. The molecule has 0 aromatic carbocycles. The standard InChI is InChI=1S/C11H19NO3/c1-9(13)3-4-10(14)12-11(2)5-7-15-8-6-11/h3-8H2,1-2H3,(H,12,14). The minimum atomic E-state index is -0.147. The first-order valence-corrected chi connectivity index (χ1v) is 5.40. The summed E-state index contributed by atoms with van der Waals surface area (Å²) in [5.41, 5.74) is -0.147. The zero-order chi connectivity index (χ0) is 11.3. The van der Waals surface area contributed by atoms with Crippen molar-refractivity contribution in [3.05, 3.63) is 0 Å². The zero-order valence-corrected chi connectivity index (χ0v) is 9.47. The van der Waals surface area contributed by atoms with Crippen LogP contribution in [0.1, 0.15) is 39.5 Å². The van der Waals surface area contributed by atoms with Crippen LogP contribution in [-0.2, 0) is 14.3 Å². The first kappa shape index (κ1) is 12.2. The number of carbonyl (C=O) groups is 2. The molecule has 1 aliphatic heterocycles. The molecule has 1 rings (SSSR count). The highest BCUT2D eigenvalue weighted by Gasteiger charge is 2.28. The molecule has 0 saturated carbocycles. The van der Waals surface area contributed by atoms with Crippen LogP contribution in [0.3, 0.4) is 0 Å². The molecule has 1 saturated heterocycles. The van der Waals surface area contributed by atoms with E-state index in [1.165, 1.54) is 6.92 Å². The molecule has 1 N–H and O–H groups in total. The van der Waals surface area contributed by atoms with Gasteiger partial charge in [0, 0.05) is 31.6 Å². The topological polar surface area (TPSA) is 55.4 Å². The largest absolute Gasteiger partial charge is 0.381 e. The average molecular weight is 213 g/mol. The molecule has 0 spiro atoms. The van der Waals surface area contributed by atoms with Gasteiger partial charge in [0.25, 0.3) is 0 Å². The number of nitrogens with one attached hydrogen (secondary N) is 1. The van der Waals surface area contributed by atoms with Crippen LogP contribution in [0.25, 0.3) is 0 Å². The van der Waals surface area contributed by atoms with Crippen LogP contribution in [0.2, 0.25) is 0 Å². The smallest absolute Gasteiger partial charge is 0.220 e. The second-order valence-electron chi connectivity index (χ2n) is 4.42. The molecule has 86 valence electrons. The normalized spacial score (nSPS) is 19.6. The Hall–Kier alpha value is -0.900. The SMILES string of the molecule is CC(=O)CCC(=O)NC1(C)CCOCC1. The van der Waals surface area contributed by atoms with E-state index in [1.807, 2.05) is 6.92 Å². The van der Waals surface area contributed by atoms with Crippen LogP contribution in [0.15, 0.2) is 0 Å². The number of ketones is 1. The maximum atomic E-state index is 11.5. The van der Waals surface area contributed by atoms with E-state index < -0.39 is 0 Å². The molecule has 1 amide bonds. The molecule has 0 atom stereocenters. The molecule has 0 bridgehead atoms. The second-order valence-corrected chi connectivity index (χ2v) is 4.42. The van der Waals surface area contributed by atoms with Gasteiger partial charge in [0.05, 0.1) is 0 Å². The fourth-order valence-electron chi connectivity index (χ4n) is 1.64. The van der Waals surface area contributed by atoms with E-state index in [0.717, 1.165) is 12.8 Å². The number of hydrogen-bond donors (Lipinski definition) is 1. The average Bonchev–Trinajstić information content (AvgIpc) is 2.15. The third-order valence-corrected chi connectivity index (χ3v) is 2.74. The van der Waals surface area contributed by atoms with Crippen molar-refractivity contribution in [2.75, 3.05) is 13.2 Å². The van der Waals surface area contributed by atoms with Gasteiger partial charge in [-0.15, -0.1) is 0 Å². The summed E-state index contributed by atoms with van der Waals surface area (Å²) < 4.78 is 5.24. The van der Waals surface area contributed by atoms with Gasteiger partial charge in [0.1, 0.15) is 5.78 Å². The summed E-state index contributed by atoms with van der Waals surface area (Å²) in [5, 5.41) is 2.98. The molecule has 15 heavy (non-hydrogen) atoms. The van der Waals surface area contributed by atoms with E-state index in [2.05, 4.69) is 5.32 Å². The Labute approximate surface area is 90.4 Å². The third-order valence-electron chi connectivity index (χ3n) is 2.74. The highest BCUT2D eigenvalue weighted by molar-refractivity contribution is 5.83. The van der Waals surface area contributed by atoms with Gasteiger partial charge in [-0.2, -0.15) is 0 Å². The summed E-state index contributed by atoms with van der Waals surface area (Å²) in [6.45, 7) is 4.93. The van der Waals surface area contributed by atoms with Crippen molar-refractivity contribution in [2.45, 2.75) is 45.1 Å². The van der Waals surface area contributed by atoms with Crippen LogP contribution in [0, 0.1) is 0 Å². The van der Waals surface area contributed by atoms with Crippen molar-refractivity contribution >= 4 is 11.7 Å². The first-order chi connectivity index (χ1) is 7.02. The van der Waals surface area contributed by atoms with Crippen molar-refractivity contribution in [2.24, 2.45) is 0 Å². The van der Waals surface area contributed by atoms with E-state index in [1.54, 1.807) is 0 Å². The number of ether oxygens (including phenoxy) is 1. The molecule has 1 heterocycles. The van der Waals surface area contributed by atoms with E-state index in [4.69, 9.17) is 4.74 Å². The summed E-state index contributed by atoms with van der Waals surface area (Å²) in [4.78, 5) is 22.2. The summed E-state index contributed by atoms with van der Waals surface area (Å²) in [5.74, 6) is 0.0249. The third kappa shape index (κ3) is 4.42. The quantitative estimate of drug-likeness (QED) is 0.759. The number of amides is 1. The molecule has 1 aliphatic rings. The fraction of sp³-hybridized carbons (Fsp3) is 0.818. The fourth-order valence-corrected chi connectivity index (χ4v) is 1.64. The van der Waals surface area contributed by atoms with Crippen molar-refractivity contribution in [3.63, 3.8) is 0 Å². The number of hydrogen-bond acceptors (Lipinski definition) is 3. The van der Waals surface area contributed by atoms with Gasteiger partial charge in [-0.25, -0.2) is 0 Å². The van der Waals surface area contributed by atoms with E-state index in [-0.39, 0.29) is 17.2 Å². The minimum absolute atomic E-state index is 0.0328. The molecular weight excluding hydrogens is 194 g/mol. The highest BCUT2D eigenvalue weighted by Crippen LogP contribution is 2.19. The van der Waals surface area contributed by atoms with Crippen molar-refractivity contribution in [1.82, 2.24) is 5.32 Å². The summed E-state index contributed by atoms with van der Waals surface area (Å²) in [6.07, 6.45) is 2.32. The highest BCUT2D eigenvalue weighted by atomic mass is 16.5. The molecule has 1 fully saturated rings. The van der Waals surface area contributed by atoms with Crippen molar-refractivity contribution in [1.29, 1.82) is 0 Å². The van der Waals surface area contributed by atoms with E-state index >= 15 is 0 Å². The molecule has 0 radical (unpaired) electrons. The lowest BCUT2D eigenvalue weighted by Crippen LogP contribution is -2.49. The summed E-state index contributed by atoms with van der Waals surface area (Å²) in [6, 6.07) is 0. The predicted octanol–water partition coefficient (Wildman–Crippen LogP) is 1.04. The monoisotopic (exact) mass is 213 g/mol. The van der Waals surface area contributed by atoms with E-state index in [0.29, 0.717) is 26.1 Å². The van der Waals surface area contributed by atoms with Gasteiger partial charge in [-0.05, 0) is 26.7 Å². The van der Waals surface area contributed by atoms with Gasteiger partial charge in [-0.1, -0.05) is 0 Å². The Morgan fingerprint density at radius 3 is 2.40 bits per heavy atom. The van der Waals surface area contributed by atoms with Crippen LogP contribution in [0.4, 0.5) is 0 Å². The Kier molecular flexibility index (Phi) is 4.27. The van der Waals surface area contributed by atoms with Crippen LogP contribution in [-0.4, -0.2) is 30.4 Å². The molecular formula is C11H19NO3. The van der Waals surface area contributed by atoms with Gasteiger partial charge < -0.3 is 14.8 Å². The molecule has 4 heteroatoms. The Morgan fingerprint density at radius 2 is 1.87 bits per heavy atom. The lowest BCUT2D eigenvalue weighted by Gasteiger charge is -2.34. The molecule has 0 aliphatic carbocycles. The lowest BCUT2D eigenvalue weighted by molar-refractivity contribution is -0.126. The van der Waals surface area contributed by atoms with Gasteiger partial charge in [0.15, 0.2) is 0 Å². The molecule has 0 unspecified atom stereocenters. The molecule has 4 nitrogen and oxygen atoms in total. The Bertz CT molecular complexity index is 244. The second kappa shape index (κ2) is 5.26. The van der Waals surface area contributed by atoms with Crippen molar-refractivity contribution in [3.8, 4) is 0 Å². The van der Waals surface area contributed by atoms with Gasteiger partial charge >= 0.3 is 0 Å². The van der Waals surface area contributed by atoms with Crippen LogP contribution >= 0.6 is 0 Å². The molecule has 0 aromatic heterocycles. The maximum Gasteiger partial charge on any atom is 0.220 e. The first-order valence-electron chi connectivity index (χ1n) is 5.40. The predicted molar refractivity (Wildman–Crippen MR) is 56.5 cm³/mol. The minimum Gasteiger partial charge on any atom is -0.381 e. The number of carbonyl (C=O) groups excluding carboxylic acids is 2. The van der Waals surface area contributed by atoms with Gasteiger partial charge in [-0.3, -0.25) is 4.79 Å². The van der Waals surface area contributed by atoms with Gasteiger partial charge in [0.2, 0.25) is 5.91 Å². The zero-order valence-electron chi connectivity index (χ0n) is 9.47. The lowest BCUT2D eigenvalue weighted by atomic mass is 9.92. The van der Waals surface area contributed by atoms with Crippen LogP contribution in [0.5, 0.6) is 0 Å².